The highest BCUT2D eigenvalue weighted by molar-refractivity contribution is 5.77. The Labute approximate surface area is 121 Å². The fourth-order valence-electron chi connectivity index (χ4n) is 1.70. The fraction of sp³-hybridized carbons (Fsp3) is 0.562. The van der Waals surface area contributed by atoms with Gasteiger partial charge in [-0.1, -0.05) is 19.9 Å². The average molecular weight is 279 g/mol. The quantitative estimate of drug-likeness (QED) is 0.841. The molecule has 2 N–H and O–H groups in total. The van der Waals surface area contributed by atoms with Crippen molar-refractivity contribution in [3.8, 4) is 5.75 Å². The van der Waals surface area contributed by atoms with Crippen LogP contribution in [0.15, 0.2) is 18.2 Å². The van der Waals surface area contributed by atoms with Crippen LogP contribution in [0, 0.1) is 12.8 Å². The van der Waals surface area contributed by atoms with Crippen molar-refractivity contribution < 1.29 is 14.6 Å². The molecule has 0 fully saturated rings. The van der Waals surface area contributed by atoms with Gasteiger partial charge in [-0.2, -0.15) is 0 Å². The van der Waals surface area contributed by atoms with E-state index < -0.39 is 6.10 Å². The van der Waals surface area contributed by atoms with Gasteiger partial charge in [0, 0.05) is 6.04 Å². The summed E-state index contributed by atoms with van der Waals surface area (Å²) in [5.41, 5.74) is 1.75. The van der Waals surface area contributed by atoms with Crippen molar-refractivity contribution in [2.24, 2.45) is 5.92 Å². The highest BCUT2D eigenvalue weighted by atomic mass is 16.5. The summed E-state index contributed by atoms with van der Waals surface area (Å²) < 4.78 is 5.52. The lowest BCUT2D eigenvalue weighted by atomic mass is 10.1. The van der Waals surface area contributed by atoms with Crippen molar-refractivity contribution in [1.82, 2.24) is 5.32 Å². The number of ether oxygens (including phenoxy) is 1. The Morgan fingerprint density at radius 3 is 2.45 bits per heavy atom. The van der Waals surface area contributed by atoms with Gasteiger partial charge in [0.25, 0.3) is 5.91 Å². The maximum atomic E-state index is 11.7. The second-order valence-corrected chi connectivity index (χ2v) is 5.59. The maximum absolute atomic E-state index is 11.7. The van der Waals surface area contributed by atoms with Gasteiger partial charge >= 0.3 is 0 Å². The number of hydrogen-bond acceptors (Lipinski definition) is 3. The van der Waals surface area contributed by atoms with Crippen molar-refractivity contribution >= 4 is 5.91 Å². The Morgan fingerprint density at radius 2 is 1.95 bits per heavy atom. The second-order valence-electron chi connectivity index (χ2n) is 5.59. The molecule has 1 aromatic carbocycles. The van der Waals surface area contributed by atoms with Crippen LogP contribution in [0.1, 0.15) is 44.9 Å². The van der Waals surface area contributed by atoms with E-state index >= 15 is 0 Å². The number of rotatable bonds is 6. The molecule has 112 valence electrons. The molecule has 4 heteroatoms. The summed E-state index contributed by atoms with van der Waals surface area (Å²) in [5, 5.41) is 12.4. The zero-order valence-corrected chi connectivity index (χ0v) is 12.9. The topological polar surface area (TPSA) is 58.6 Å². The third-order valence-corrected chi connectivity index (χ3v) is 3.43. The van der Waals surface area contributed by atoms with E-state index in [2.05, 4.69) is 19.2 Å². The summed E-state index contributed by atoms with van der Waals surface area (Å²) >= 11 is 0. The Hall–Kier alpha value is -1.55. The molecule has 0 saturated carbocycles. The molecule has 4 nitrogen and oxygen atoms in total. The first-order valence-electron chi connectivity index (χ1n) is 7.02. The molecule has 1 rings (SSSR count). The standard InChI is InChI=1S/C16H25NO3/c1-10(2)12(4)17-16(19)9-20-15-7-6-14(13(5)18)8-11(15)3/h6-8,10,12-13,18H,9H2,1-5H3,(H,17,19). The predicted molar refractivity (Wildman–Crippen MR) is 79.8 cm³/mol. The molecule has 1 amide bonds. The Morgan fingerprint density at radius 1 is 1.30 bits per heavy atom. The molecular weight excluding hydrogens is 254 g/mol. The van der Waals surface area contributed by atoms with Gasteiger partial charge in [-0.05, 0) is 49.9 Å². The summed E-state index contributed by atoms with van der Waals surface area (Å²) in [5.74, 6) is 0.943. The van der Waals surface area contributed by atoms with Crippen LogP contribution < -0.4 is 10.1 Å². The number of aliphatic hydroxyl groups is 1. The molecule has 2 atom stereocenters. The number of hydrogen-bond donors (Lipinski definition) is 2. The molecule has 0 aromatic heterocycles. The number of aryl methyl sites for hydroxylation is 1. The van der Waals surface area contributed by atoms with Crippen LogP contribution in [-0.2, 0) is 4.79 Å². The van der Waals surface area contributed by atoms with E-state index in [9.17, 15) is 9.90 Å². The minimum atomic E-state index is -0.502. The first-order valence-corrected chi connectivity index (χ1v) is 7.02. The van der Waals surface area contributed by atoms with Gasteiger partial charge in [0.05, 0.1) is 6.10 Å². The molecule has 0 radical (unpaired) electrons. The van der Waals surface area contributed by atoms with Crippen molar-refractivity contribution in [3.05, 3.63) is 29.3 Å². The van der Waals surface area contributed by atoms with Crippen LogP contribution in [0.4, 0.5) is 0 Å². The van der Waals surface area contributed by atoms with Crippen molar-refractivity contribution in [1.29, 1.82) is 0 Å². The zero-order valence-electron chi connectivity index (χ0n) is 12.9. The molecule has 20 heavy (non-hydrogen) atoms. The summed E-state index contributed by atoms with van der Waals surface area (Å²) in [7, 11) is 0. The fourth-order valence-corrected chi connectivity index (χ4v) is 1.70. The van der Waals surface area contributed by atoms with E-state index in [4.69, 9.17) is 4.74 Å². The van der Waals surface area contributed by atoms with Crippen LogP contribution in [0.2, 0.25) is 0 Å². The van der Waals surface area contributed by atoms with E-state index in [1.54, 1.807) is 13.0 Å². The van der Waals surface area contributed by atoms with Crippen LogP contribution in [-0.4, -0.2) is 23.7 Å². The van der Waals surface area contributed by atoms with Crippen molar-refractivity contribution in [3.63, 3.8) is 0 Å². The van der Waals surface area contributed by atoms with Crippen LogP contribution in [0.5, 0.6) is 5.75 Å². The van der Waals surface area contributed by atoms with E-state index in [-0.39, 0.29) is 18.6 Å². The summed E-state index contributed by atoms with van der Waals surface area (Å²) in [6, 6.07) is 5.59. The van der Waals surface area contributed by atoms with E-state index in [1.165, 1.54) is 0 Å². The van der Waals surface area contributed by atoms with Crippen molar-refractivity contribution in [2.45, 2.75) is 46.8 Å². The van der Waals surface area contributed by atoms with Gasteiger partial charge in [0.15, 0.2) is 6.61 Å². The summed E-state index contributed by atoms with van der Waals surface area (Å²) in [4.78, 5) is 11.7. The number of carbonyl (C=O) groups is 1. The first kappa shape index (κ1) is 16.5. The molecule has 1 aromatic rings. The molecule has 0 heterocycles. The third-order valence-electron chi connectivity index (χ3n) is 3.43. The van der Waals surface area contributed by atoms with Gasteiger partial charge in [0.1, 0.15) is 5.75 Å². The van der Waals surface area contributed by atoms with Crippen LogP contribution >= 0.6 is 0 Å². The third kappa shape index (κ3) is 4.85. The number of amides is 1. The normalized spacial score (nSPS) is 13.9. The monoisotopic (exact) mass is 279 g/mol. The first-order chi connectivity index (χ1) is 9.31. The molecular formula is C16H25NO3. The Kier molecular flexibility index (Phi) is 6.02. The lowest BCUT2D eigenvalue weighted by Gasteiger charge is -2.18. The number of carbonyl (C=O) groups excluding carboxylic acids is 1. The van der Waals surface area contributed by atoms with Gasteiger partial charge in [-0.3, -0.25) is 4.79 Å². The van der Waals surface area contributed by atoms with Crippen molar-refractivity contribution in [2.75, 3.05) is 6.61 Å². The summed E-state index contributed by atoms with van der Waals surface area (Å²) in [6.07, 6.45) is -0.502. The SMILES string of the molecule is Cc1cc(C(C)O)ccc1OCC(=O)NC(C)C(C)C. The van der Waals surface area contributed by atoms with E-state index in [1.807, 2.05) is 26.0 Å². The zero-order chi connectivity index (χ0) is 15.3. The molecule has 0 aliphatic heterocycles. The average Bonchev–Trinajstić information content (AvgIpc) is 2.36. The van der Waals surface area contributed by atoms with Gasteiger partial charge in [-0.15, -0.1) is 0 Å². The molecule has 0 spiro atoms. The van der Waals surface area contributed by atoms with Gasteiger partial charge in [0.2, 0.25) is 0 Å². The largest absolute Gasteiger partial charge is 0.484 e. The number of benzene rings is 1. The van der Waals surface area contributed by atoms with Crippen LogP contribution in [0.25, 0.3) is 0 Å². The smallest absolute Gasteiger partial charge is 0.258 e. The van der Waals surface area contributed by atoms with Crippen LogP contribution in [0.3, 0.4) is 0 Å². The lowest BCUT2D eigenvalue weighted by Crippen LogP contribution is -2.39. The lowest BCUT2D eigenvalue weighted by molar-refractivity contribution is -0.124. The predicted octanol–water partition coefficient (Wildman–Crippen LogP) is 2.59. The summed E-state index contributed by atoms with van der Waals surface area (Å²) in [6.45, 7) is 9.72. The molecule has 0 bridgehead atoms. The highest BCUT2D eigenvalue weighted by Crippen LogP contribution is 2.22. The van der Waals surface area contributed by atoms with E-state index in [0.717, 1.165) is 11.1 Å². The van der Waals surface area contributed by atoms with Gasteiger partial charge in [-0.25, -0.2) is 0 Å². The second kappa shape index (κ2) is 7.29. The van der Waals surface area contributed by atoms with Gasteiger partial charge < -0.3 is 15.2 Å². The Bertz CT molecular complexity index is 455. The van der Waals surface area contributed by atoms with E-state index in [0.29, 0.717) is 11.7 Å². The minimum absolute atomic E-state index is 0.00588. The maximum Gasteiger partial charge on any atom is 0.258 e. The molecule has 0 aliphatic rings. The number of aliphatic hydroxyl groups excluding tert-OH is 1. The molecule has 0 aliphatic carbocycles. The molecule has 0 saturated heterocycles. The highest BCUT2D eigenvalue weighted by Gasteiger charge is 2.12. The minimum Gasteiger partial charge on any atom is -0.484 e. The number of nitrogens with one attached hydrogen (secondary N) is 1. The Balaban J connectivity index is 2.56. The molecule has 2 unspecified atom stereocenters.